The van der Waals surface area contributed by atoms with Gasteiger partial charge in [-0.3, -0.25) is 4.79 Å². The van der Waals surface area contributed by atoms with Gasteiger partial charge in [-0.15, -0.1) is 0 Å². The van der Waals surface area contributed by atoms with Gasteiger partial charge >= 0.3 is 0 Å². The molecule has 0 N–H and O–H groups in total. The molecule has 0 atom stereocenters. The summed E-state index contributed by atoms with van der Waals surface area (Å²) in [6.07, 6.45) is 5.27. The molecule has 0 amide bonds. The molecule has 0 spiro atoms. The van der Waals surface area contributed by atoms with Gasteiger partial charge in [-0.1, -0.05) is 13.0 Å². The summed E-state index contributed by atoms with van der Waals surface area (Å²) in [5.74, 6) is 0.353. The van der Waals surface area contributed by atoms with E-state index in [-0.39, 0.29) is 5.56 Å². The van der Waals surface area contributed by atoms with E-state index in [2.05, 4.69) is 11.8 Å². The van der Waals surface area contributed by atoms with E-state index < -0.39 is 5.82 Å². The quantitative estimate of drug-likeness (QED) is 0.762. The highest BCUT2D eigenvalue weighted by Gasteiger charge is 2.23. The number of nitrogens with zero attached hydrogens (tertiary/aromatic N) is 1. The van der Waals surface area contributed by atoms with Crippen molar-refractivity contribution < 1.29 is 9.18 Å². The first-order valence-electron chi connectivity index (χ1n) is 6.60. The molecule has 0 unspecified atom stereocenters. The monoisotopic (exact) mass is 249 g/mol. The van der Waals surface area contributed by atoms with Gasteiger partial charge in [0.25, 0.3) is 0 Å². The first kappa shape index (κ1) is 13.1. The Balaban J connectivity index is 2.20. The molecule has 1 aromatic rings. The molecular weight excluding hydrogens is 229 g/mol. The summed E-state index contributed by atoms with van der Waals surface area (Å²) in [5, 5.41) is 0. The van der Waals surface area contributed by atoms with Crippen LogP contribution in [0, 0.1) is 11.7 Å². The maximum Gasteiger partial charge on any atom is 0.155 e. The number of halogens is 1. The smallest absolute Gasteiger partial charge is 0.155 e. The van der Waals surface area contributed by atoms with Gasteiger partial charge in [0, 0.05) is 13.1 Å². The standard InChI is InChI=1S/C15H20FNO/c1-11-6-8-12(9-7-11)17(2)15-5-3-4-14(16)13(15)10-18/h3-5,10-12H,6-9H2,1-2H3. The molecule has 0 aromatic heterocycles. The second-order valence-corrected chi connectivity index (χ2v) is 5.32. The van der Waals surface area contributed by atoms with Crippen molar-refractivity contribution in [1.82, 2.24) is 0 Å². The molecule has 0 bridgehead atoms. The summed E-state index contributed by atoms with van der Waals surface area (Å²) >= 11 is 0. The number of carbonyl (C=O) groups is 1. The highest BCUT2D eigenvalue weighted by Crippen LogP contribution is 2.31. The normalized spacial score (nSPS) is 23.7. The van der Waals surface area contributed by atoms with Gasteiger partial charge < -0.3 is 4.90 Å². The minimum Gasteiger partial charge on any atom is -0.371 e. The minimum absolute atomic E-state index is 0.179. The first-order chi connectivity index (χ1) is 8.63. The predicted molar refractivity (Wildman–Crippen MR) is 71.6 cm³/mol. The molecule has 0 aliphatic heterocycles. The third-order valence-corrected chi connectivity index (χ3v) is 4.06. The number of anilines is 1. The summed E-state index contributed by atoms with van der Waals surface area (Å²) in [5.41, 5.74) is 0.892. The number of benzene rings is 1. The van der Waals surface area contributed by atoms with Crippen molar-refractivity contribution in [2.24, 2.45) is 5.92 Å². The van der Waals surface area contributed by atoms with Crippen molar-refractivity contribution in [3.63, 3.8) is 0 Å². The molecule has 3 heteroatoms. The van der Waals surface area contributed by atoms with Crippen molar-refractivity contribution in [2.75, 3.05) is 11.9 Å². The Morgan fingerprint density at radius 2 is 1.94 bits per heavy atom. The molecule has 1 aliphatic carbocycles. The SMILES string of the molecule is CC1CCC(N(C)c2cccc(F)c2C=O)CC1. The average Bonchev–Trinajstić information content (AvgIpc) is 2.38. The molecule has 98 valence electrons. The fourth-order valence-electron chi connectivity index (χ4n) is 2.78. The Bertz CT molecular complexity index is 425. The van der Waals surface area contributed by atoms with Crippen molar-refractivity contribution in [1.29, 1.82) is 0 Å². The van der Waals surface area contributed by atoms with E-state index in [9.17, 15) is 9.18 Å². The van der Waals surface area contributed by atoms with E-state index in [4.69, 9.17) is 0 Å². The lowest BCUT2D eigenvalue weighted by atomic mass is 9.86. The van der Waals surface area contributed by atoms with E-state index in [1.165, 1.54) is 18.9 Å². The summed E-state index contributed by atoms with van der Waals surface area (Å²) in [7, 11) is 1.96. The van der Waals surface area contributed by atoms with E-state index in [1.807, 2.05) is 13.1 Å². The Morgan fingerprint density at radius 1 is 1.28 bits per heavy atom. The zero-order valence-corrected chi connectivity index (χ0v) is 11.0. The zero-order chi connectivity index (χ0) is 13.1. The Kier molecular flexibility index (Phi) is 4.00. The van der Waals surface area contributed by atoms with E-state index in [0.717, 1.165) is 18.8 Å². The molecular formula is C15H20FNO. The van der Waals surface area contributed by atoms with Crippen molar-refractivity contribution >= 4 is 12.0 Å². The van der Waals surface area contributed by atoms with Gasteiger partial charge in [0.2, 0.25) is 0 Å². The average molecular weight is 249 g/mol. The molecule has 1 fully saturated rings. The molecule has 18 heavy (non-hydrogen) atoms. The molecule has 2 nitrogen and oxygen atoms in total. The van der Waals surface area contributed by atoms with Crippen LogP contribution in [0.1, 0.15) is 43.0 Å². The third-order valence-electron chi connectivity index (χ3n) is 4.06. The predicted octanol–water partition coefficient (Wildman–Crippen LogP) is 3.65. The van der Waals surface area contributed by atoms with Crippen LogP contribution in [-0.2, 0) is 0 Å². The van der Waals surface area contributed by atoms with Gasteiger partial charge in [-0.25, -0.2) is 4.39 Å². The molecule has 1 aliphatic rings. The number of hydrogen-bond acceptors (Lipinski definition) is 2. The summed E-state index contributed by atoms with van der Waals surface area (Å²) < 4.78 is 13.6. The molecule has 1 aromatic carbocycles. The summed E-state index contributed by atoms with van der Waals surface area (Å²) in [4.78, 5) is 13.1. The van der Waals surface area contributed by atoms with Crippen molar-refractivity contribution in [3.8, 4) is 0 Å². The largest absolute Gasteiger partial charge is 0.371 e. The lowest BCUT2D eigenvalue weighted by Crippen LogP contribution is -2.35. The number of hydrogen-bond donors (Lipinski definition) is 0. The van der Waals surface area contributed by atoms with E-state index >= 15 is 0 Å². The fourth-order valence-corrected chi connectivity index (χ4v) is 2.78. The topological polar surface area (TPSA) is 20.3 Å². The Labute approximate surface area is 108 Å². The highest BCUT2D eigenvalue weighted by molar-refractivity contribution is 5.85. The van der Waals surface area contributed by atoms with Gasteiger partial charge in [-0.2, -0.15) is 0 Å². The van der Waals surface area contributed by atoms with Crippen LogP contribution in [0.3, 0.4) is 0 Å². The summed E-state index contributed by atoms with van der Waals surface area (Å²) in [6, 6.07) is 5.25. The van der Waals surface area contributed by atoms with Crippen LogP contribution in [0.2, 0.25) is 0 Å². The Morgan fingerprint density at radius 3 is 2.56 bits per heavy atom. The van der Waals surface area contributed by atoms with Crippen LogP contribution in [0.25, 0.3) is 0 Å². The van der Waals surface area contributed by atoms with Gasteiger partial charge in [0.05, 0.1) is 11.3 Å². The Hall–Kier alpha value is -1.38. The highest BCUT2D eigenvalue weighted by atomic mass is 19.1. The first-order valence-corrected chi connectivity index (χ1v) is 6.60. The summed E-state index contributed by atoms with van der Waals surface area (Å²) in [6.45, 7) is 2.27. The molecule has 0 heterocycles. The lowest BCUT2D eigenvalue weighted by Gasteiger charge is -2.35. The number of aldehydes is 1. The second-order valence-electron chi connectivity index (χ2n) is 5.32. The molecule has 0 saturated heterocycles. The van der Waals surface area contributed by atoms with Gasteiger partial charge in [-0.05, 0) is 43.7 Å². The van der Waals surface area contributed by atoms with Crippen molar-refractivity contribution in [2.45, 2.75) is 38.6 Å². The molecule has 1 saturated carbocycles. The fraction of sp³-hybridized carbons (Fsp3) is 0.533. The maximum atomic E-state index is 13.6. The number of carbonyl (C=O) groups excluding carboxylic acids is 1. The van der Waals surface area contributed by atoms with Crippen LogP contribution in [-0.4, -0.2) is 19.4 Å². The third kappa shape index (κ3) is 2.55. The van der Waals surface area contributed by atoms with Crippen LogP contribution in [0.5, 0.6) is 0 Å². The van der Waals surface area contributed by atoms with Crippen LogP contribution in [0.4, 0.5) is 10.1 Å². The van der Waals surface area contributed by atoms with E-state index in [0.29, 0.717) is 18.0 Å². The second kappa shape index (κ2) is 5.51. The minimum atomic E-state index is -0.432. The lowest BCUT2D eigenvalue weighted by molar-refractivity contribution is 0.112. The molecule has 2 rings (SSSR count). The van der Waals surface area contributed by atoms with Crippen LogP contribution in [0.15, 0.2) is 18.2 Å². The number of rotatable bonds is 3. The van der Waals surface area contributed by atoms with Gasteiger partial charge in [0.1, 0.15) is 5.82 Å². The van der Waals surface area contributed by atoms with E-state index in [1.54, 1.807) is 6.07 Å². The van der Waals surface area contributed by atoms with Crippen molar-refractivity contribution in [3.05, 3.63) is 29.6 Å². The van der Waals surface area contributed by atoms with Crippen LogP contribution >= 0.6 is 0 Å². The molecule has 0 radical (unpaired) electrons. The maximum absolute atomic E-state index is 13.6. The van der Waals surface area contributed by atoms with Crippen LogP contribution < -0.4 is 4.90 Å². The van der Waals surface area contributed by atoms with Gasteiger partial charge in [0.15, 0.2) is 6.29 Å². The zero-order valence-electron chi connectivity index (χ0n) is 11.0.